The number of nitrogens with one attached hydrogen (secondary N) is 3. The molecule has 0 bridgehead atoms. The maximum Gasteiger partial charge on any atom is 0.326 e. The largest absolute Gasteiger partial charge is 0.495 e. The number of carbonyl (C=O) groups excluding carboxylic acids is 1. The number of hydrogen-bond donors (Lipinski definition) is 4. The highest BCUT2D eigenvalue weighted by Gasteiger charge is 2.18. The summed E-state index contributed by atoms with van der Waals surface area (Å²) in [6.07, 6.45) is 2.07. The lowest BCUT2D eigenvalue weighted by Crippen LogP contribution is -2.31. The Morgan fingerprint density at radius 1 is 0.778 bits per heavy atom. The van der Waals surface area contributed by atoms with Gasteiger partial charge in [-0.15, -0.1) is 0 Å². The van der Waals surface area contributed by atoms with E-state index in [1.54, 1.807) is 35.4 Å². The van der Waals surface area contributed by atoms with Crippen LogP contribution in [0.4, 0.5) is 34.0 Å². The molecule has 0 aliphatic carbocycles. The van der Waals surface area contributed by atoms with Crippen molar-refractivity contribution in [3.05, 3.63) is 109 Å². The third-order valence-corrected chi connectivity index (χ3v) is 6.70. The summed E-state index contributed by atoms with van der Waals surface area (Å²) in [5.41, 5.74) is 3.93. The highest BCUT2D eigenvalue weighted by Crippen LogP contribution is 2.30. The van der Waals surface area contributed by atoms with Crippen LogP contribution in [-0.4, -0.2) is 57.2 Å². The molecule has 0 saturated heterocycles. The van der Waals surface area contributed by atoms with Crippen molar-refractivity contribution in [2.75, 3.05) is 41.0 Å². The third kappa shape index (κ3) is 8.51. The Balaban J connectivity index is 1.48. The Labute approximate surface area is 260 Å². The van der Waals surface area contributed by atoms with Crippen LogP contribution in [0.2, 0.25) is 0 Å². The molecule has 3 aromatic carbocycles. The number of pyridine rings is 1. The molecule has 12 heteroatoms. The van der Waals surface area contributed by atoms with Crippen LogP contribution in [0.5, 0.6) is 5.75 Å². The minimum Gasteiger partial charge on any atom is -0.495 e. The molecule has 0 fully saturated rings. The number of ether oxygens (including phenoxy) is 1. The summed E-state index contributed by atoms with van der Waals surface area (Å²) >= 11 is 0. The molecule has 2 amide bonds. The minimum atomic E-state index is -0.962. The first kappa shape index (κ1) is 30.4. The van der Waals surface area contributed by atoms with Gasteiger partial charge in [0.15, 0.2) is 0 Å². The fourth-order valence-electron chi connectivity index (χ4n) is 4.54. The van der Waals surface area contributed by atoms with Gasteiger partial charge in [0.1, 0.15) is 5.75 Å². The summed E-state index contributed by atoms with van der Waals surface area (Å²) in [5.74, 6) is -0.163. The molecule has 0 aliphatic rings. The number of carbonyl (C=O) groups is 2. The fraction of sp³-hybridized carbons (Fsp3) is 0.152. The second kappa shape index (κ2) is 14.9. The molecule has 45 heavy (non-hydrogen) atoms. The quantitative estimate of drug-likeness (QED) is 0.129. The van der Waals surface area contributed by atoms with E-state index in [0.717, 1.165) is 22.5 Å². The number of benzene rings is 3. The normalized spacial score (nSPS) is 10.5. The lowest BCUT2D eigenvalue weighted by Gasteiger charge is -2.23. The molecule has 0 radical (unpaired) electrons. The summed E-state index contributed by atoms with van der Waals surface area (Å²) in [6, 6.07) is 29.6. The van der Waals surface area contributed by atoms with Crippen LogP contribution in [0.1, 0.15) is 12.1 Å². The number of carboxylic acids is 1. The van der Waals surface area contributed by atoms with Crippen molar-refractivity contribution in [2.24, 2.45) is 0 Å². The van der Waals surface area contributed by atoms with Crippen LogP contribution in [0.25, 0.3) is 11.1 Å². The number of methoxy groups -OCH3 is 1. The van der Waals surface area contributed by atoms with Gasteiger partial charge in [-0.3, -0.25) is 15.1 Å². The van der Waals surface area contributed by atoms with Crippen molar-refractivity contribution in [2.45, 2.75) is 12.8 Å². The number of nitrogens with zero attached hydrogens (tertiary/aromatic N) is 5. The van der Waals surface area contributed by atoms with Crippen molar-refractivity contribution in [3.63, 3.8) is 0 Å². The van der Waals surface area contributed by atoms with Gasteiger partial charge in [-0.05, 0) is 35.9 Å². The minimum absolute atomic E-state index is 0.0368. The van der Waals surface area contributed by atoms with Crippen LogP contribution in [-0.2, 0) is 11.2 Å². The van der Waals surface area contributed by atoms with E-state index >= 15 is 0 Å². The number of urea groups is 1. The predicted molar refractivity (Wildman–Crippen MR) is 173 cm³/mol. The fourth-order valence-corrected chi connectivity index (χ4v) is 4.54. The molecule has 12 nitrogen and oxygen atoms in total. The van der Waals surface area contributed by atoms with E-state index in [2.05, 4.69) is 35.9 Å². The van der Waals surface area contributed by atoms with Crippen molar-refractivity contribution in [1.82, 2.24) is 19.9 Å². The molecule has 5 rings (SSSR count). The van der Waals surface area contributed by atoms with Crippen LogP contribution < -0.4 is 25.6 Å². The zero-order valence-corrected chi connectivity index (χ0v) is 24.6. The van der Waals surface area contributed by atoms with E-state index in [4.69, 9.17) is 4.74 Å². The number of carboxylic acid groups (broad SMARTS) is 1. The molecule has 228 valence electrons. The molecule has 0 saturated carbocycles. The highest BCUT2D eigenvalue weighted by atomic mass is 16.5. The van der Waals surface area contributed by atoms with Gasteiger partial charge >= 0.3 is 12.0 Å². The molecule has 0 spiro atoms. The van der Waals surface area contributed by atoms with E-state index < -0.39 is 12.0 Å². The molecular weight excluding hydrogens is 572 g/mol. The van der Waals surface area contributed by atoms with Gasteiger partial charge in [-0.25, -0.2) is 4.79 Å². The number of amides is 2. The van der Waals surface area contributed by atoms with Gasteiger partial charge in [-0.1, -0.05) is 66.7 Å². The monoisotopic (exact) mass is 604 g/mol. The van der Waals surface area contributed by atoms with E-state index in [1.807, 2.05) is 72.8 Å². The van der Waals surface area contributed by atoms with Crippen LogP contribution >= 0.6 is 0 Å². The molecule has 0 aliphatic heterocycles. The Morgan fingerprint density at radius 2 is 1.49 bits per heavy atom. The number of hydrogen-bond acceptors (Lipinski definition) is 9. The Hall–Kier alpha value is -6.04. The summed E-state index contributed by atoms with van der Waals surface area (Å²) in [6.45, 7) is 0.500. The molecule has 5 aromatic rings. The summed E-state index contributed by atoms with van der Waals surface area (Å²) in [5, 5.41) is 18.2. The first-order chi connectivity index (χ1) is 22.0. The third-order valence-electron chi connectivity index (χ3n) is 6.70. The number of anilines is 5. The predicted octanol–water partition coefficient (Wildman–Crippen LogP) is 5.85. The van der Waals surface area contributed by atoms with Gasteiger partial charge in [0.25, 0.3) is 0 Å². The van der Waals surface area contributed by atoms with E-state index in [1.165, 1.54) is 7.11 Å². The zero-order valence-electron chi connectivity index (χ0n) is 24.6. The molecular formula is C33H32N8O4. The van der Waals surface area contributed by atoms with Crippen LogP contribution in [0.15, 0.2) is 103 Å². The standard InChI is InChI=1S/C33H32N8O4/c1-45-28-17-8-7-16-27(28)36-33(44)40-31-37-30(35-26-15-6-5-14-25(26)23-11-3-2-4-12-23)38-32(39-31)41(22-19-29(42)43)21-18-24-13-9-10-20-34-24/h2-17,20H,18-19,21-22H2,1H3,(H,42,43)(H3,35,36,37,38,39,40,44). The number of aromatic nitrogens is 4. The number of para-hydroxylation sites is 3. The molecule has 0 unspecified atom stereocenters. The van der Waals surface area contributed by atoms with E-state index in [9.17, 15) is 14.7 Å². The van der Waals surface area contributed by atoms with Gasteiger partial charge in [0, 0.05) is 42.7 Å². The summed E-state index contributed by atoms with van der Waals surface area (Å²) in [4.78, 5) is 44.4. The molecule has 4 N–H and O–H groups in total. The van der Waals surface area contributed by atoms with Crippen LogP contribution in [0.3, 0.4) is 0 Å². The number of aliphatic carboxylic acids is 1. The Kier molecular flexibility index (Phi) is 10.1. The van der Waals surface area contributed by atoms with E-state index in [-0.39, 0.29) is 30.8 Å². The second-order valence-corrected chi connectivity index (χ2v) is 9.80. The lowest BCUT2D eigenvalue weighted by molar-refractivity contribution is -0.136. The van der Waals surface area contributed by atoms with Gasteiger partial charge < -0.3 is 25.4 Å². The van der Waals surface area contributed by atoms with Crippen molar-refractivity contribution < 1.29 is 19.4 Å². The SMILES string of the molecule is COc1ccccc1NC(=O)Nc1nc(Nc2ccccc2-c2ccccc2)nc(N(CCC(=O)O)CCc2ccccn2)n1. The van der Waals surface area contributed by atoms with Gasteiger partial charge in [-0.2, -0.15) is 15.0 Å². The summed E-state index contributed by atoms with van der Waals surface area (Å²) < 4.78 is 5.34. The van der Waals surface area contributed by atoms with E-state index in [0.29, 0.717) is 24.4 Å². The molecule has 0 atom stereocenters. The maximum atomic E-state index is 13.1. The summed E-state index contributed by atoms with van der Waals surface area (Å²) in [7, 11) is 1.51. The first-order valence-electron chi connectivity index (χ1n) is 14.2. The number of rotatable bonds is 13. The maximum absolute atomic E-state index is 13.1. The smallest absolute Gasteiger partial charge is 0.326 e. The first-order valence-corrected chi connectivity index (χ1v) is 14.2. The second-order valence-electron chi connectivity index (χ2n) is 9.80. The Bertz CT molecular complexity index is 1740. The van der Waals surface area contributed by atoms with Gasteiger partial charge in [0.05, 0.1) is 19.2 Å². The topological polar surface area (TPSA) is 154 Å². The highest BCUT2D eigenvalue weighted by molar-refractivity contribution is 5.99. The van der Waals surface area contributed by atoms with Crippen LogP contribution in [0, 0.1) is 0 Å². The van der Waals surface area contributed by atoms with Crippen molar-refractivity contribution in [1.29, 1.82) is 0 Å². The Morgan fingerprint density at radius 3 is 2.24 bits per heavy atom. The average molecular weight is 605 g/mol. The lowest BCUT2D eigenvalue weighted by atomic mass is 10.0. The van der Waals surface area contributed by atoms with Crippen molar-refractivity contribution >= 4 is 41.2 Å². The van der Waals surface area contributed by atoms with Crippen molar-refractivity contribution in [3.8, 4) is 16.9 Å². The molecule has 2 heterocycles. The van der Waals surface area contributed by atoms with Gasteiger partial charge in [0.2, 0.25) is 17.8 Å². The average Bonchev–Trinajstić information content (AvgIpc) is 3.06. The molecule has 2 aromatic heterocycles. The zero-order chi connectivity index (χ0) is 31.4.